The molecule has 8 heteroatoms. The second-order valence-corrected chi connectivity index (χ2v) is 7.99. The maximum absolute atomic E-state index is 13.0. The zero-order valence-electron chi connectivity index (χ0n) is 13.8. The number of fused-ring (bicyclic) bond motifs is 1. The Hall–Kier alpha value is -2.19. The summed E-state index contributed by atoms with van der Waals surface area (Å²) in [4.78, 5) is 23.7. The standard InChI is InChI=1S/C16H19N3O4S/c1-17-10-14(15(20)18(2)16(17)21)24(22,23)19(3)13-9-8-11-6-4-5-7-12(11)13/h4-7,10,13H,8-9H2,1-3H3. The third-order valence-electron chi connectivity index (χ3n) is 4.61. The first-order chi connectivity index (χ1) is 11.2. The quantitative estimate of drug-likeness (QED) is 0.803. The van der Waals surface area contributed by atoms with Crippen molar-refractivity contribution in [3.8, 4) is 0 Å². The van der Waals surface area contributed by atoms with Crippen LogP contribution in [0.25, 0.3) is 0 Å². The Balaban J connectivity index is 2.10. The Morgan fingerprint density at radius 2 is 1.83 bits per heavy atom. The van der Waals surface area contributed by atoms with Crippen molar-refractivity contribution in [1.82, 2.24) is 13.4 Å². The summed E-state index contributed by atoms with van der Waals surface area (Å²) >= 11 is 0. The molecule has 1 heterocycles. The molecule has 0 aliphatic heterocycles. The largest absolute Gasteiger partial charge is 0.330 e. The van der Waals surface area contributed by atoms with Gasteiger partial charge in [0.2, 0.25) is 10.0 Å². The number of aryl methyl sites for hydroxylation is 2. The van der Waals surface area contributed by atoms with Crippen molar-refractivity contribution in [2.24, 2.45) is 14.1 Å². The topological polar surface area (TPSA) is 81.4 Å². The molecule has 3 rings (SSSR count). The molecule has 24 heavy (non-hydrogen) atoms. The average molecular weight is 349 g/mol. The highest BCUT2D eigenvalue weighted by molar-refractivity contribution is 7.89. The van der Waals surface area contributed by atoms with Crippen LogP contribution in [0.15, 0.2) is 44.9 Å². The van der Waals surface area contributed by atoms with E-state index in [0.29, 0.717) is 6.42 Å². The summed E-state index contributed by atoms with van der Waals surface area (Å²) in [7, 11) is 0.156. The summed E-state index contributed by atoms with van der Waals surface area (Å²) in [5.41, 5.74) is 0.715. The predicted octanol–water partition coefficient (Wildman–Crippen LogP) is 0.392. The van der Waals surface area contributed by atoms with Gasteiger partial charge in [-0.15, -0.1) is 0 Å². The number of benzene rings is 1. The maximum Gasteiger partial charge on any atom is 0.330 e. The van der Waals surface area contributed by atoms with Crippen LogP contribution in [0.2, 0.25) is 0 Å². The number of rotatable bonds is 3. The first kappa shape index (κ1) is 16.7. The Kier molecular flexibility index (Phi) is 3.97. The van der Waals surface area contributed by atoms with Crippen molar-refractivity contribution in [2.75, 3.05) is 7.05 Å². The molecular formula is C16H19N3O4S. The molecule has 128 valence electrons. The van der Waals surface area contributed by atoms with E-state index in [1.807, 2.05) is 24.3 Å². The van der Waals surface area contributed by atoms with Crippen LogP contribution in [0.4, 0.5) is 0 Å². The lowest BCUT2D eigenvalue weighted by Crippen LogP contribution is -2.42. The Morgan fingerprint density at radius 1 is 1.17 bits per heavy atom. The van der Waals surface area contributed by atoms with Crippen LogP contribution in [-0.2, 0) is 30.5 Å². The Morgan fingerprint density at radius 3 is 2.54 bits per heavy atom. The molecule has 0 N–H and O–H groups in total. The molecule has 1 aliphatic rings. The second-order valence-electron chi connectivity index (χ2n) is 6.03. The van der Waals surface area contributed by atoms with Gasteiger partial charge in [-0.05, 0) is 24.0 Å². The van der Waals surface area contributed by atoms with Crippen LogP contribution < -0.4 is 11.2 Å². The second kappa shape index (κ2) is 5.71. The summed E-state index contributed by atoms with van der Waals surface area (Å²) in [6.45, 7) is 0. The third kappa shape index (κ3) is 2.42. The first-order valence-electron chi connectivity index (χ1n) is 7.57. The van der Waals surface area contributed by atoms with Crippen molar-refractivity contribution in [1.29, 1.82) is 0 Å². The molecule has 0 saturated carbocycles. The van der Waals surface area contributed by atoms with Crippen LogP contribution in [0, 0.1) is 0 Å². The smallest absolute Gasteiger partial charge is 0.302 e. The van der Waals surface area contributed by atoms with Gasteiger partial charge in [0, 0.05) is 27.3 Å². The van der Waals surface area contributed by atoms with Crippen LogP contribution in [-0.4, -0.2) is 28.9 Å². The van der Waals surface area contributed by atoms with Crippen molar-refractivity contribution < 1.29 is 8.42 Å². The number of hydrogen-bond acceptors (Lipinski definition) is 4. The summed E-state index contributed by atoms with van der Waals surface area (Å²) in [6, 6.07) is 7.40. The fraction of sp³-hybridized carbons (Fsp3) is 0.375. The van der Waals surface area contributed by atoms with Gasteiger partial charge >= 0.3 is 5.69 Å². The maximum atomic E-state index is 13.0. The average Bonchev–Trinajstić information content (AvgIpc) is 2.99. The highest BCUT2D eigenvalue weighted by Crippen LogP contribution is 2.36. The molecule has 0 saturated heterocycles. The summed E-state index contributed by atoms with van der Waals surface area (Å²) < 4.78 is 29.1. The van der Waals surface area contributed by atoms with E-state index < -0.39 is 21.3 Å². The molecule has 0 spiro atoms. The van der Waals surface area contributed by atoms with Gasteiger partial charge in [0.25, 0.3) is 5.56 Å². The van der Waals surface area contributed by atoms with Crippen LogP contribution in [0.5, 0.6) is 0 Å². The lowest BCUT2D eigenvalue weighted by molar-refractivity contribution is 0.373. The van der Waals surface area contributed by atoms with E-state index in [4.69, 9.17) is 0 Å². The Bertz CT molecular complexity index is 1020. The fourth-order valence-electron chi connectivity index (χ4n) is 3.19. The van der Waals surface area contributed by atoms with Gasteiger partial charge in [-0.3, -0.25) is 9.36 Å². The minimum absolute atomic E-state index is 0.312. The van der Waals surface area contributed by atoms with Gasteiger partial charge in [-0.1, -0.05) is 24.3 Å². The lowest BCUT2D eigenvalue weighted by atomic mass is 10.1. The molecule has 1 aliphatic carbocycles. The Labute approximate surface area is 139 Å². The molecule has 0 bridgehead atoms. The van der Waals surface area contributed by atoms with E-state index in [1.165, 1.54) is 25.4 Å². The van der Waals surface area contributed by atoms with Gasteiger partial charge in [0.1, 0.15) is 0 Å². The molecule has 0 amide bonds. The van der Waals surface area contributed by atoms with Gasteiger partial charge in [0.15, 0.2) is 4.90 Å². The lowest BCUT2D eigenvalue weighted by Gasteiger charge is -2.24. The van der Waals surface area contributed by atoms with Crippen molar-refractivity contribution >= 4 is 10.0 Å². The summed E-state index contributed by atoms with van der Waals surface area (Å²) in [5.74, 6) is 0. The summed E-state index contributed by atoms with van der Waals surface area (Å²) in [5, 5.41) is 0. The molecule has 1 aromatic carbocycles. The number of hydrogen-bond donors (Lipinski definition) is 0. The monoisotopic (exact) mass is 349 g/mol. The molecule has 1 aromatic heterocycles. The van der Waals surface area contributed by atoms with Crippen molar-refractivity contribution in [2.45, 2.75) is 23.8 Å². The molecule has 2 aromatic rings. The van der Waals surface area contributed by atoms with E-state index in [9.17, 15) is 18.0 Å². The zero-order chi connectivity index (χ0) is 17.6. The van der Waals surface area contributed by atoms with Crippen LogP contribution in [0.3, 0.4) is 0 Å². The highest BCUT2D eigenvalue weighted by Gasteiger charge is 2.35. The van der Waals surface area contributed by atoms with E-state index in [0.717, 1.165) is 32.9 Å². The molecule has 7 nitrogen and oxygen atoms in total. The van der Waals surface area contributed by atoms with E-state index in [-0.39, 0.29) is 10.9 Å². The number of aromatic nitrogens is 2. The van der Waals surface area contributed by atoms with E-state index >= 15 is 0 Å². The SMILES string of the molecule is CN(C1CCc2ccccc21)S(=O)(=O)c1cn(C)c(=O)n(C)c1=O. The van der Waals surface area contributed by atoms with E-state index in [2.05, 4.69) is 0 Å². The normalized spacial score (nSPS) is 17.2. The van der Waals surface area contributed by atoms with Gasteiger partial charge in [-0.25, -0.2) is 13.2 Å². The van der Waals surface area contributed by atoms with Crippen molar-refractivity contribution in [3.63, 3.8) is 0 Å². The van der Waals surface area contributed by atoms with Gasteiger partial charge in [-0.2, -0.15) is 4.31 Å². The zero-order valence-corrected chi connectivity index (χ0v) is 14.6. The highest BCUT2D eigenvalue weighted by atomic mass is 32.2. The molecule has 0 fully saturated rings. The molecule has 1 atom stereocenters. The molecular weight excluding hydrogens is 330 g/mol. The number of nitrogens with zero attached hydrogens (tertiary/aromatic N) is 3. The molecule has 0 radical (unpaired) electrons. The fourth-order valence-corrected chi connectivity index (χ4v) is 4.70. The van der Waals surface area contributed by atoms with Gasteiger partial charge < -0.3 is 4.57 Å². The predicted molar refractivity (Wildman–Crippen MR) is 89.4 cm³/mol. The summed E-state index contributed by atoms with van der Waals surface area (Å²) in [6.07, 6.45) is 2.56. The minimum Gasteiger partial charge on any atom is -0.302 e. The van der Waals surface area contributed by atoms with E-state index in [1.54, 1.807) is 0 Å². The first-order valence-corrected chi connectivity index (χ1v) is 9.01. The minimum atomic E-state index is -4.02. The third-order valence-corrected chi connectivity index (χ3v) is 6.46. The van der Waals surface area contributed by atoms with Gasteiger partial charge in [0.05, 0.1) is 6.04 Å². The van der Waals surface area contributed by atoms with Crippen LogP contribution in [0.1, 0.15) is 23.6 Å². The van der Waals surface area contributed by atoms with Crippen LogP contribution >= 0.6 is 0 Å². The molecule has 1 unspecified atom stereocenters. The van der Waals surface area contributed by atoms with Crippen molar-refractivity contribution in [3.05, 3.63) is 62.4 Å². The number of sulfonamides is 1.